The normalized spacial score (nSPS) is 12.6. The number of nitrogens with one attached hydrogen (secondary N) is 1. The van der Waals surface area contributed by atoms with Gasteiger partial charge in [0.15, 0.2) is 12.4 Å². The second-order valence-corrected chi connectivity index (χ2v) is 6.27. The number of rotatable bonds is 8. The number of carbonyl (C=O) groups excluding carboxylic acids is 2. The number of carbonyl (C=O) groups is 3. The van der Waals surface area contributed by atoms with Crippen LogP contribution in [0, 0.1) is 0 Å². The van der Waals surface area contributed by atoms with Crippen LogP contribution in [0.1, 0.15) is 25.1 Å². The molecule has 2 heterocycles. The fraction of sp³-hybridized carbons (Fsp3) is 0.389. The Morgan fingerprint density at radius 3 is 2.85 bits per heavy atom. The van der Waals surface area contributed by atoms with Crippen LogP contribution < -0.4 is 15.6 Å². The average Bonchev–Trinajstić information content (AvgIpc) is 3.12. The van der Waals surface area contributed by atoms with Crippen molar-refractivity contribution in [2.75, 3.05) is 13.2 Å². The highest BCUT2D eigenvalue weighted by Gasteiger charge is 2.16. The smallest absolute Gasteiger partial charge is 0.303 e. The Morgan fingerprint density at radius 1 is 1.26 bits per heavy atom. The second-order valence-electron chi connectivity index (χ2n) is 6.27. The summed E-state index contributed by atoms with van der Waals surface area (Å²) >= 11 is 0. The maximum atomic E-state index is 12.5. The molecule has 0 atom stereocenters. The standard InChI is InChI=1S/C18H19N3O6/c22-11(3-6-17(24)25)9-19-16(23)10-27-12-4-5-14-13(8-12)18(26)21-7-1-2-15(21)20-14/h4-5,8H,1-3,6-7,9-10H2,(H,19,23)(H,24,25). The van der Waals surface area contributed by atoms with Gasteiger partial charge < -0.3 is 15.2 Å². The third-order valence-electron chi connectivity index (χ3n) is 4.26. The van der Waals surface area contributed by atoms with Crippen molar-refractivity contribution in [1.82, 2.24) is 14.9 Å². The number of amides is 1. The molecule has 2 aromatic rings. The van der Waals surface area contributed by atoms with Gasteiger partial charge in [-0.05, 0) is 24.6 Å². The van der Waals surface area contributed by atoms with E-state index in [1.165, 1.54) is 0 Å². The van der Waals surface area contributed by atoms with Crippen LogP contribution >= 0.6 is 0 Å². The number of aliphatic carboxylic acids is 1. The molecule has 0 fully saturated rings. The van der Waals surface area contributed by atoms with Crippen molar-refractivity contribution in [3.05, 3.63) is 34.4 Å². The fourth-order valence-corrected chi connectivity index (χ4v) is 2.88. The van der Waals surface area contributed by atoms with E-state index in [4.69, 9.17) is 9.84 Å². The molecular weight excluding hydrogens is 354 g/mol. The maximum Gasteiger partial charge on any atom is 0.303 e. The van der Waals surface area contributed by atoms with E-state index in [9.17, 15) is 19.2 Å². The number of Topliss-reactive ketones (excluding diaryl/α,β-unsaturated/α-hetero) is 1. The molecule has 1 aromatic heterocycles. The Balaban J connectivity index is 1.57. The molecule has 1 amide bonds. The molecule has 142 valence electrons. The summed E-state index contributed by atoms with van der Waals surface area (Å²) in [7, 11) is 0. The molecule has 0 unspecified atom stereocenters. The fourth-order valence-electron chi connectivity index (χ4n) is 2.88. The number of hydrogen-bond donors (Lipinski definition) is 2. The number of ketones is 1. The molecule has 2 N–H and O–H groups in total. The highest BCUT2D eigenvalue weighted by molar-refractivity contribution is 5.88. The van der Waals surface area contributed by atoms with Crippen LogP contribution in [0.25, 0.3) is 10.9 Å². The third-order valence-corrected chi connectivity index (χ3v) is 4.26. The van der Waals surface area contributed by atoms with E-state index >= 15 is 0 Å². The number of nitrogens with zero attached hydrogens (tertiary/aromatic N) is 2. The van der Waals surface area contributed by atoms with Crippen molar-refractivity contribution in [3.63, 3.8) is 0 Å². The van der Waals surface area contributed by atoms with Crippen LogP contribution in [0.2, 0.25) is 0 Å². The molecule has 9 heteroatoms. The third kappa shape index (κ3) is 4.49. The van der Waals surface area contributed by atoms with Crippen molar-refractivity contribution in [1.29, 1.82) is 0 Å². The monoisotopic (exact) mass is 373 g/mol. The summed E-state index contributed by atoms with van der Waals surface area (Å²) in [5.74, 6) is -0.808. The Labute approximate surface area is 154 Å². The summed E-state index contributed by atoms with van der Waals surface area (Å²) in [6.45, 7) is 0.0858. The zero-order valence-corrected chi connectivity index (χ0v) is 14.6. The SMILES string of the molecule is O=C(O)CCC(=O)CNC(=O)COc1ccc2nc3n(c(=O)c2c1)CCC3. The van der Waals surface area contributed by atoms with Gasteiger partial charge in [0.25, 0.3) is 11.5 Å². The molecule has 1 aliphatic heterocycles. The molecule has 1 aromatic carbocycles. The molecule has 0 radical (unpaired) electrons. The molecular formula is C18H19N3O6. The molecule has 9 nitrogen and oxygen atoms in total. The highest BCUT2D eigenvalue weighted by atomic mass is 16.5. The highest BCUT2D eigenvalue weighted by Crippen LogP contribution is 2.19. The molecule has 27 heavy (non-hydrogen) atoms. The lowest BCUT2D eigenvalue weighted by Crippen LogP contribution is -2.33. The number of aromatic nitrogens is 2. The van der Waals surface area contributed by atoms with E-state index < -0.39 is 11.9 Å². The number of carboxylic acids is 1. The minimum Gasteiger partial charge on any atom is -0.484 e. The van der Waals surface area contributed by atoms with Gasteiger partial charge >= 0.3 is 5.97 Å². The molecule has 0 saturated heterocycles. The summed E-state index contributed by atoms with van der Waals surface area (Å²) in [5.41, 5.74) is 0.473. The van der Waals surface area contributed by atoms with E-state index in [1.807, 2.05) is 0 Å². The quantitative estimate of drug-likeness (QED) is 0.680. The molecule has 0 spiro atoms. The summed E-state index contributed by atoms with van der Waals surface area (Å²) in [6, 6.07) is 4.87. The van der Waals surface area contributed by atoms with Crippen LogP contribution in [-0.2, 0) is 27.3 Å². The Kier molecular flexibility index (Phi) is 5.49. The number of fused-ring (bicyclic) bond motifs is 2. The number of carboxylic acid groups (broad SMARTS) is 1. The first-order valence-corrected chi connectivity index (χ1v) is 8.60. The van der Waals surface area contributed by atoms with Gasteiger partial charge in [-0.2, -0.15) is 0 Å². The zero-order chi connectivity index (χ0) is 19.4. The number of hydrogen-bond acceptors (Lipinski definition) is 6. The molecule has 1 aliphatic rings. The van der Waals surface area contributed by atoms with Crippen molar-refractivity contribution in [2.45, 2.75) is 32.2 Å². The molecule has 0 bridgehead atoms. The van der Waals surface area contributed by atoms with Crippen molar-refractivity contribution in [3.8, 4) is 5.75 Å². The van der Waals surface area contributed by atoms with Gasteiger partial charge in [-0.25, -0.2) is 4.98 Å². The van der Waals surface area contributed by atoms with E-state index in [1.54, 1.807) is 22.8 Å². The first kappa shape index (κ1) is 18.6. The minimum absolute atomic E-state index is 0.119. The lowest BCUT2D eigenvalue weighted by Gasteiger charge is -2.09. The van der Waals surface area contributed by atoms with Gasteiger partial charge in [-0.3, -0.25) is 23.7 Å². The first-order valence-electron chi connectivity index (χ1n) is 8.60. The predicted molar refractivity (Wildman–Crippen MR) is 94.7 cm³/mol. The van der Waals surface area contributed by atoms with Crippen molar-refractivity contribution < 1.29 is 24.2 Å². The van der Waals surface area contributed by atoms with E-state index in [0.29, 0.717) is 23.2 Å². The average molecular weight is 373 g/mol. The summed E-state index contributed by atoms with van der Waals surface area (Å²) < 4.78 is 7.04. The van der Waals surface area contributed by atoms with Crippen molar-refractivity contribution >= 4 is 28.6 Å². The predicted octanol–water partition coefficient (Wildman–Crippen LogP) is 0.272. The lowest BCUT2D eigenvalue weighted by atomic mass is 10.2. The largest absolute Gasteiger partial charge is 0.484 e. The number of aryl methyl sites for hydroxylation is 1. The van der Waals surface area contributed by atoms with Crippen LogP contribution in [0.5, 0.6) is 5.75 Å². The van der Waals surface area contributed by atoms with Crippen LogP contribution in [0.15, 0.2) is 23.0 Å². The summed E-state index contributed by atoms with van der Waals surface area (Å²) in [5, 5.41) is 11.3. The second kappa shape index (κ2) is 7.98. The minimum atomic E-state index is -1.06. The van der Waals surface area contributed by atoms with Crippen molar-refractivity contribution in [2.24, 2.45) is 0 Å². The van der Waals surface area contributed by atoms with Gasteiger partial charge in [0, 0.05) is 19.4 Å². The van der Waals surface area contributed by atoms with E-state index in [2.05, 4.69) is 10.3 Å². The number of ether oxygens (including phenoxy) is 1. The Morgan fingerprint density at radius 2 is 2.07 bits per heavy atom. The van der Waals surface area contributed by atoms with Gasteiger partial charge in [0.05, 0.1) is 23.9 Å². The van der Waals surface area contributed by atoms with Crippen LogP contribution in [0.4, 0.5) is 0 Å². The summed E-state index contributed by atoms with van der Waals surface area (Å²) in [4.78, 5) is 50.6. The maximum absolute atomic E-state index is 12.5. The molecule has 0 saturated carbocycles. The van der Waals surface area contributed by atoms with Crippen LogP contribution in [-0.4, -0.2) is 45.5 Å². The zero-order valence-electron chi connectivity index (χ0n) is 14.6. The lowest BCUT2D eigenvalue weighted by molar-refractivity contribution is -0.138. The topological polar surface area (TPSA) is 128 Å². The van der Waals surface area contributed by atoms with Gasteiger partial charge in [0.2, 0.25) is 0 Å². The summed E-state index contributed by atoms with van der Waals surface area (Å²) in [6.07, 6.45) is 1.28. The van der Waals surface area contributed by atoms with Gasteiger partial charge in [-0.15, -0.1) is 0 Å². The molecule has 3 rings (SSSR count). The van der Waals surface area contributed by atoms with E-state index in [-0.39, 0.29) is 37.3 Å². The molecule has 0 aliphatic carbocycles. The first-order chi connectivity index (χ1) is 12.9. The van der Waals surface area contributed by atoms with Crippen LogP contribution in [0.3, 0.4) is 0 Å². The van der Waals surface area contributed by atoms with Gasteiger partial charge in [0.1, 0.15) is 11.6 Å². The Bertz CT molecular complexity index is 965. The van der Waals surface area contributed by atoms with Gasteiger partial charge in [-0.1, -0.05) is 0 Å². The van der Waals surface area contributed by atoms with E-state index in [0.717, 1.165) is 18.7 Å². The Hall–Kier alpha value is -3.23. The number of benzene rings is 1.